The third kappa shape index (κ3) is 4.78. The highest BCUT2D eigenvalue weighted by molar-refractivity contribution is 5.74. The molecule has 1 fully saturated rings. The first-order valence-electron chi connectivity index (χ1n) is 5.17. The lowest BCUT2D eigenvalue weighted by molar-refractivity contribution is -0.124. The Labute approximate surface area is 96.5 Å². The van der Waals surface area contributed by atoms with E-state index in [-0.39, 0.29) is 25.8 Å². The minimum atomic E-state index is -4.43. The number of aliphatic hydroxyl groups is 1. The van der Waals surface area contributed by atoms with E-state index < -0.39 is 24.9 Å². The van der Waals surface area contributed by atoms with Crippen molar-refractivity contribution in [2.45, 2.75) is 25.3 Å². The highest BCUT2D eigenvalue weighted by atomic mass is 19.4. The SMILES string of the molecule is CC1CN(C(=O)NCC(F)(F)F)CC(CO)O1. The van der Waals surface area contributed by atoms with Crippen LogP contribution in [0.25, 0.3) is 0 Å². The lowest BCUT2D eigenvalue weighted by Crippen LogP contribution is -2.54. The van der Waals surface area contributed by atoms with Crippen LogP contribution in [0.2, 0.25) is 0 Å². The summed E-state index contributed by atoms with van der Waals surface area (Å²) < 4.78 is 41.0. The van der Waals surface area contributed by atoms with E-state index in [1.807, 2.05) is 0 Å². The van der Waals surface area contributed by atoms with E-state index in [1.54, 1.807) is 12.2 Å². The molecule has 17 heavy (non-hydrogen) atoms. The van der Waals surface area contributed by atoms with Gasteiger partial charge in [-0.2, -0.15) is 13.2 Å². The van der Waals surface area contributed by atoms with Gasteiger partial charge in [-0.3, -0.25) is 0 Å². The third-order valence-corrected chi connectivity index (χ3v) is 2.26. The number of nitrogens with one attached hydrogen (secondary N) is 1. The van der Waals surface area contributed by atoms with Crippen molar-refractivity contribution < 1.29 is 27.8 Å². The first kappa shape index (κ1) is 14.0. The molecule has 2 atom stereocenters. The molecule has 0 saturated carbocycles. The van der Waals surface area contributed by atoms with Crippen molar-refractivity contribution in [2.24, 2.45) is 0 Å². The molecule has 0 bridgehead atoms. The Bertz CT molecular complexity index is 273. The standard InChI is InChI=1S/C9H15F3N2O3/c1-6-2-14(3-7(4-15)17-6)8(16)13-5-9(10,11)12/h6-7,15H,2-5H2,1H3,(H,13,16). The summed E-state index contributed by atoms with van der Waals surface area (Å²) in [6.07, 6.45) is -5.28. The molecule has 0 radical (unpaired) electrons. The number of rotatable bonds is 2. The number of ether oxygens (including phenoxy) is 1. The van der Waals surface area contributed by atoms with Gasteiger partial charge in [0.15, 0.2) is 0 Å². The highest BCUT2D eigenvalue weighted by Gasteiger charge is 2.31. The number of halogens is 3. The lowest BCUT2D eigenvalue weighted by Gasteiger charge is -2.36. The van der Waals surface area contributed by atoms with Gasteiger partial charge in [-0.1, -0.05) is 0 Å². The molecule has 0 aromatic carbocycles. The van der Waals surface area contributed by atoms with Crippen molar-refractivity contribution in [2.75, 3.05) is 26.2 Å². The molecule has 100 valence electrons. The van der Waals surface area contributed by atoms with Crippen LogP contribution < -0.4 is 5.32 Å². The van der Waals surface area contributed by atoms with E-state index >= 15 is 0 Å². The van der Waals surface area contributed by atoms with Crippen LogP contribution in [0.5, 0.6) is 0 Å². The number of nitrogens with zero attached hydrogens (tertiary/aromatic N) is 1. The molecule has 0 aromatic heterocycles. The average Bonchev–Trinajstić information content (AvgIpc) is 2.23. The Morgan fingerprint density at radius 2 is 2.18 bits per heavy atom. The molecule has 1 aliphatic rings. The molecule has 0 spiro atoms. The molecular weight excluding hydrogens is 241 g/mol. The van der Waals surface area contributed by atoms with E-state index in [4.69, 9.17) is 9.84 Å². The summed E-state index contributed by atoms with van der Waals surface area (Å²) in [5.74, 6) is 0. The minimum Gasteiger partial charge on any atom is -0.394 e. The van der Waals surface area contributed by atoms with Crippen LogP contribution in [-0.4, -0.2) is 60.7 Å². The van der Waals surface area contributed by atoms with E-state index in [1.165, 1.54) is 4.90 Å². The number of urea groups is 1. The van der Waals surface area contributed by atoms with Crippen molar-refractivity contribution in [1.82, 2.24) is 10.2 Å². The second-order valence-electron chi connectivity index (χ2n) is 3.93. The first-order chi connectivity index (χ1) is 7.81. The fraction of sp³-hybridized carbons (Fsp3) is 0.889. The smallest absolute Gasteiger partial charge is 0.394 e. The van der Waals surface area contributed by atoms with Gasteiger partial charge in [0.2, 0.25) is 0 Å². The summed E-state index contributed by atoms with van der Waals surface area (Å²) in [5.41, 5.74) is 0. The van der Waals surface area contributed by atoms with Crippen LogP contribution in [0.3, 0.4) is 0 Å². The Balaban J connectivity index is 2.45. The summed E-state index contributed by atoms with van der Waals surface area (Å²) in [6.45, 7) is 0.353. The molecule has 1 aliphatic heterocycles. The summed E-state index contributed by atoms with van der Waals surface area (Å²) in [5, 5.41) is 10.7. The van der Waals surface area contributed by atoms with Crippen molar-refractivity contribution in [1.29, 1.82) is 0 Å². The molecule has 1 rings (SSSR count). The number of morpholine rings is 1. The van der Waals surface area contributed by atoms with Crippen molar-refractivity contribution in [3.63, 3.8) is 0 Å². The van der Waals surface area contributed by atoms with Gasteiger partial charge in [0.25, 0.3) is 0 Å². The van der Waals surface area contributed by atoms with E-state index in [0.29, 0.717) is 0 Å². The van der Waals surface area contributed by atoms with E-state index in [0.717, 1.165) is 0 Å². The summed E-state index contributed by atoms with van der Waals surface area (Å²) in [4.78, 5) is 12.6. The number of carbonyl (C=O) groups excluding carboxylic acids is 1. The Morgan fingerprint density at radius 1 is 1.53 bits per heavy atom. The topological polar surface area (TPSA) is 61.8 Å². The summed E-state index contributed by atoms with van der Waals surface area (Å²) in [7, 11) is 0. The largest absolute Gasteiger partial charge is 0.405 e. The zero-order valence-corrected chi connectivity index (χ0v) is 9.33. The van der Waals surface area contributed by atoms with Gasteiger partial charge in [0.1, 0.15) is 6.54 Å². The van der Waals surface area contributed by atoms with Gasteiger partial charge >= 0.3 is 12.2 Å². The number of hydrogen-bond acceptors (Lipinski definition) is 3. The van der Waals surface area contributed by atoms with Crippen molar-refractivity contribution in [3.05, 3.63) is 0 Å². The minimum absolute atomic E-state index is 0.0878. The molecule has 2 unspecified atom stereocenters. The van der Waals surface area contributed by atoms with Crippen molar-refractivity contribution >= 4 is 6.03 Å². The number of alkyl halides is 3. The van der Waals surface area contributed by atoms with E-state index in [9.17, 15) is 18.0 Å². The molecule has 2 N–H and O–H groups in total. The zero-order chi connectivity index (χ0) is 13.1. The molecule has 0 aromatic rings. The normalized spacial score (nSPS) is 25.8. The quantitative estimate of drug-likeness (QED) is 0.749. The fourth-order valence-electron chi connectivity index (χ4n) is 1.60. The number of hydrogen-bond donors (Lipinski definition) is 2. The monoisotopic (exact) mass is 256 g/mol. The summed E-state index contributed by atoms with van der Waals surface area (Å²) >= 11 is 0. The first-order valence-corrected chi connectivity index (χ1v) is 5.17. The number of aliphatic hydroxyl groups excluding tert-OH is 1. The van der Waals surface area contributed by atoms with Crippen LogP contribution in [0.15, 0.2) is 0 Å². The van der Waals surface area contributed by atoms with Gasteiger partial charge in [-0.05, 0) is 6.92 Å². The fourth-order valence-corrected chi connectivity index (χ4v) is 1.60. The van der Waals surface area contributed by atoms with Crippen LogP contribution in [0.4, 0.5) is 18.0 Å². The van der Waals surface area contributed by atoms with Crippen LogP contribution >= 0.6 is 0 Å². The third-order valence-electron chi connectivity index (χ3n) is 2.26. The van der Waals surface area contributed by atoms with E-state index in [2.05, 4.69) is 0 Å². The predicted molar refractivity (Wildman–Crippen MR) is 52.4 cm³/mol. The Hall–Kier alpha value is -1.02. The van der Waals surface area contributed by atoms with Crippen LogP contribution in [0, 0.1) is 0 Å². The zero-order valence-electron chi connectivity index (χ0n) is 9.33. The Kier molecular flexibility index (Phi) is 4.58. The molecule has 5 nitrogen and oxygen atoms in total. The van der Waals surface area contributed by atoms with Crippen LogP contribution in [-0.2, 0) is 4.74 Å². The molecule has 8 heteroatoms. The second kappa shape index (κ2) is 5.54. The van der Waals surface area contributed by atoms with Gasteiger partial charge in [0, 0.05) is 6.54 Å². The number of amides is 2. The highest BCUT2D eigenvalue weighted by Crippen LogP contribution is 2.14. The molecule has 2 amide bonds. The van der Waals surface area contributed by atoms with Gasteiger partial charge in [0.05, 0.1) is 25.4 Å². The van der Waals surface area contributed by atoms with Gasteiger partial charge < -0.3 is 20.1 Å². The van der Waals surface area contributed by atoms with Gasteiger partial charge in [-0.15, -0.1) is 0 Å². The molecular formula is C9H15F3N2O3. The van der Waals surface area contributed by atoms with Crippen molar-refractivity contribution in [3.8, 4) is 0 Å². The predicted octanol–water partition coefficient (Wildman–Crippen LogP) is 0.340. The number of carbonyl (C=O) groups is 1. The average molecular weight is 256 g/mol. The molecule has 0 aliphatic carbocycles. The maximum atomic E-state index is 11.9. The molecule has 1 saturated heterocycles. The van der Waals surface area contributed by atoms with Crippen LogP contribution in [0.1, 0.15) is 6.92 Å². The maximum Gasteiger partial charge on any atom is 0.405 e. The Morgan fingerprint density at radius 3 is 2.71 bits per heavy atom. The molecule has 1 heterocycles. The summed E-state index contributed by atoms with van der Waals surface area (Å²) in [6, 6.07) is -0.795. The second-order valence-corrected chi connectivity index (χ2v) is 3.93. The lowest BCUT2D eigenvalue weighted by atomic mass is 10.2. The van der Waals surface area contributed by atoms with Gasteiger partial charge in [-0.25, -0.2) is 4.79 Å². The maximum absolute atomic E-state index is 11.9.